The molecule has 5 aromatic carbocycles. The van der Waals surface area contributed by atoms with E-state index in [1.54, 1.807) is 14.1 Å². The number of urea groups is 2. The number of nitrogens with one attached hydrogen (secondary N) is 1. The van der Waals surface area contributed by atoms with E-state index in [1.165, 1.54) is 16.9 Å². The van der Waals surface area contributed by atoms with E-state index in [1.807, 2.05) is 54.6 Å². The molecule has 1 atom stereocenters. The lowest BCUT2D eigenvalue weighted by Crippen LogP contribution is -2.60. The lowest BCUT2D eigenvalue weighted by Gasteiger charge is -2.35. The third-order valence-electron chi connectivity index (χ3n) is 8.25. The van der Waals surface area contributed by atoms with Crippen molar-refractivity contribution in [3.8, 4) is 11.1 Å². The van der Waals surface area contributed by atoms with Gasteiger partial charge in [0.15, 0.2) is 6.04 Å². The number of fused-ring (bicyclic) bond motifs is 7. The minimum Gasteiger partial charge on any atom is -0.467 e. The molecule has 0 spiro atoms. The van der Waals surface area contributed by atoms with Crippen molar-refractivity contribution >= 4 is 39.6 Å². The molecule has 1 heterocycles. The van der Waals surface area contributed by atoms with Crippen molar-refractivity contribution in [1.82, 2.24) is 20.2 Å². The number of hydrogen-bond acceptors (Lipinski definition) is 4. The van der Waals surface area contributed by atoms with E-state index < -0.39 is 24.1 Å². The van der Waals surface area contributed by atoms with Gasteiger partial charge in [0.1, 0.15) is 0 Å². The SMILES string of the molecule is COC(=O)[C@H](Cc1ccccc1)N1NC(=O)N(C)Cc2ccc3ccccc3c2-c2c(ccc3ccccc23)CN(C)C1=O. The van der Waals surface area contributed by atoms with E-state index >= 15 is 0 Å². The molecule has 0 saturated heterocycles. The van der Waals surface area contributed by atoms with Crippen molar-refractivity contribution in [1.29, 1.82) is 0 Å². The van der Waals surface area contributed by atoms with E-state index in [-0.39, 0.29) is 19.5 Å². The Kier molecular flexibility index (Phi) is 7.89. The van der Waals surface area contributed by atoms with Gasteiger partial charge in [-0.3, -0.25) is 0 Å². The highest BCUT2D eigenvalue weighted by molar-refractivity contribution is 6.08. The summed E-state index contributed by atoms with van der Waals surface area (Å²) in [5.41, 5.74) is 7.54. The summed E-state index contributed by atoms with van der Waals surface area (Å²) in [5.74, 6) is -0.631. The molecule has 6 rings (SSSR count). The van der Waals surface area contributed by atoms with Crippen molar-refractivity contribution in [3.63, 3.8) is 0 Å². The summed E-state index contributed by atoms with van der Waals surface area (Å²) in [4.78, 5) is 44.2. The van der Waals surface area contributed by atoms with Crippen LogP contribution < -0.4 is 5.43 Å². The maximum Gasteiger partial charge on any atom is 0.339 e. The summed E-state index contributed by atoms with van der Waals surface area (Å²) in [5, 5.41) is 5.40. The minimum atomic E-state index is -1.09. The number of methoxy groups -OCH3 is 1. The highest BCUT2D eigenvalue weighted by Crippen LogP contribution is 2.40. The zero-order valence-electron chi connectivity index (χ0n) is 25.0. The summed E-state index contributed by atoms with van der Waals surface area (Å²) in [6, 6.07) is 31.9. The highest BCUT2D eigenvalue weighted by Gasteiger charge is 2.36. The van der Waals surface area contributed by atoms with Gasteiger partial charge in [0.2, 0.25) is 0 Å². The number of ether oxygens (including phenoxy) is 1. The molecule has 0 radical (unpaired) electrons. The molecule has 0 unspecified atom stereocenters. The molecular formula is C36H34N4O4. The van der Waals surface area contributed by atoms with Gasteiger partial charge in [-0.05, 0) is 49.4 Å². The standard InChI is InChI=1S/C36H34N4O4/c1-38-22-27-19-17-25-13-7-9-15-29(25)32(27)33-28(20-18-26-14-8-10-16-30(26)33)23-39(2)36(43)40(37-35(38)42)31(34(41)44-3)21-24-11-5-4-6-12-24/h4-20,31H,21-23H2,1-3H3,(H,37,42)/t31-/m0/s1. The third kappa shape index (κ3) is 5.42. The molecule has 0 aliphatic carbocycles. The molecule has 5 aromatic rings. The summed E-state index contributed by atoms with van der Waals surface area (Å²) in [6.45, 7) is 0.511. The molecule has 0 saturated carbocycles. The normalized spacial score (nSPS) is 14.8. The first kappa shape index (κ1) is 28.7. The van der Waals surface area contributed by atoms with E-state index in [0.717, 1.165) is 54.4 Å². The van der Waals surface area contributed by atoms with Gasteiger partial charge in [0, 0.05) is 33.6 Å². The summed E-state index contributed by atoms with van der Waals surface area (Å²) >= 11 is 0. The van der Waals surface area contributed by atoms with Crippen LogP contribution in [0, 0.1) is 0 Å². The summed E-state index contributed by atoms with van der Waals surface area (Å²) in [7, 11) is 4.64. The summed E-state index contributed by atoms with van der Waals surface area (Å²) < 4.78 is 5.13. The van der Waals surface area contributed by atoms with Crippen LogP contribution in [0.2, 0.25) is 0 Å². The molecule has 44 heavy (non-hydrogen) atoms. The lowest BCUT2D eigenvalue weighted by molar-refractivity contribution is -0.146. The number of hydrazine groups is 1. The predicted octanol–water partition coefficient (Wildman–Crippen LogP) is 6.37. The van der Waals surface area contributed by atoms with Crippen LogP contribution in [-0.2, 0) is 29.0 Å². The van der Waals surface area contributed by atoms with E-state index in [9.17, 15) is 14.4 Å². The van der Waals surface area contributed by atoms with Crippen LogP contribution in [0.5, 0.6) is 0 Å². The van der Waals surface area contributed by atoms with Gasteiger partial charge < -0.3 is 14.5 Å². The Labute approximate surface area is 256 Å². The fourth-order valence-electron chi connectivity index (χ4n) is 6.02. The molecule has 1 N–H and O–H groups in total. The van der Waals surface area contributed by atoms with Gasteiger partial charge in [-0.1, -0.05) is 103 Å². The highest BCUT2D eigenvalue weighted by atomic mass is 16.5. The third-order valence-corrected chi connectivity index (χ3v) is 8.25. The number of amides is 4. The molecule has 222 valence electrons. The number of esters is 1. The molecule has 4 amide bonds. The molecule has 1 aliphatic rings. The van der Waals surface area contributed by atoms with Crippen molar-refractivity contribution in [2.24, 2.45) is 0 Å². The molecule has 8 nitrogen and oxygen atoms in total. The van der Waals surface area contributed by atoms with Crippen molar-refractivity contribution in [3.05, 3.63) is 120 Å². The number of hydrogen-bond donors (Lipinski definition) is 1. The second kappa shape index (κ2) is 12.1. The molecule has 0 fully saturated rings. The van der Waals surface area contributed by atoms with Crippen LogP contribution in [0.4, 0.5) is 9.59 Å². The van der Waals surface area contributed by atoms with E-state index in [2.05, 4.69) is 54.0 Å². The lowest BCUT2D eigenvalue weighted by atomic mass is 9.86. The van der Waals surface area contributed by atoms with Crippen LogP contribution in [0.3, 0.4) is 0 Å². The second-order valence-corrected chi connectivity index (χ2v) is 11.2. The van der Waals surface area contributed by atoms with Gasteiger partial charge >= 0.3 is 18.0 Å². The Morgan fingerprint density at radius 2 is 1.25 bits per heavy atom. The fraction of sp³-hybridized carbons (Fsp3) is 0.194. The number of rotatable bonds is 4. The fourth-order valence-corrected chi connectivity index (χ4v) is 6.02. The van der Waals surface area contributed by atoms with Crippen LogP contribution in [-0.4, -0.2) is 60.1 Å². The van der Waals surface area contributed by atoms with Crippen LogP contribution in [0.1, 0.15) is 16.7 Å². The summed E-state index contributed by atoms with van der Waals surface area (Å²) in [6.07, 6.45) is 0.160. The largest absolute Gasteiger partial charge is 0.467 e. The Bertz CT molecular complexity index is 1870. The van der Waals surface area contributed by atoms with Gasteiger partial charge in [0.25, 0.3) is 0 Å². The second-order valence-electron chi connectivity index (χ2n) is 11.2. The topological polar surface area (TPSA) is 82.2 Å². The first-order valence-corrected chi connectivity index (χ1v) is 14.5. The Balaban J connectivity index is 1.54. The van der Waals surface area contributed by atoms with E-state index in [0.29, 0.717) is 0 Å². The smallest absolute Gasteiger partial charge is 0.339 e. The van der Waals surface area contributed by atoms with Crippen LogP contribution >= 0.6 is 0 Å². The van der Waals surface area contributed by atoms with Gasteiger partial charge in [-0.25, -0.2) is 24.8 Å². The maximum atomic E-state index is 14.2. The molecule has 8 heteroatoms. The quantitative estimate of drug-likeness (QED) is 0.248. The number of benzene rings is 5. The average Bonchev–Trinajstić information content (AvgIpc) is 3.05. The number of carbonyl (C=O) groups excluding carboxylic acids is 3. The zero-order chi connectivity index (χ0) is 30.8. The molecular weight excluding hydrogens is 552 g/mol. The van der Waals surface area contributed by atoms with Gasteiger partial charge in [-0.15, -0.1) is 0 Å². The Hall–Kier alpha value is -5.37. The minimum absolute atomic E-state index is 0.160. The number of nitrogens with zero attached hydrogens (tertiary/aromatic N) is 3. The van der Waals surface area contributed by atoms with Crippen molar-refractivity contribution in [2.75, 3.05) is 21.2 Å². The molecule has 0 bridgehead atoms. The zero-order valence-corrected chi connectivity index (χ0v) is 25.0. The first-order valence-electron chi connectivity index (χ1n) is 14.5. The molecule has 1 aliphatic heterocycles. The first-order chi connectivity index (χ1) is 21.4. The Morgan fingerprint density at radius 1 is 0.727 bits per heavy atom. The van der Waals surface area contributed by atoms with Crippen LogP contribution in [0.15, 0.2) is 103 Å². The van der Waals surface area contributed by atoms with Crippen molar-refractivity contribution < 1.29 is 19.1 Å². The Morgan fingerprint density at radius 3 is 1.82 bits per heavy atom. The van der Waals surface area contributed by atoms with E-state index in [4.69, 9.17) is 4.74 Å². The van der Waals surface area contributed by atoms with Crippen LogP contribution in [0.25, 0.3) is 32.7 Å². The maximum absolute atomic E-state index is 14.2. The average molecular weight is 587 g/mol. The van der Waals surface area contributed by atoms with Gasteiger partial charge in [-0.2, -0.15) is 0 Å². The number of carbonyl (C=O) groups is 3. The van der Waals surface area contributed by atoms with Gasteiger partial charge in [0.05, 0.1) is 7.11 Å². The predicted molar refractivity (Wildman–Crippen MR) is 172 cm³/mol. The van der Waals surface area contributed by atoms with Crippen molar-refractivity contribution in [2.45, 2.75) is 25.6 Å². The molecule has 0 aromatic heterocycles. The monoisotopic (exact) mass is 586 g/mol.